The van der Waals surface area contributed by atoms with E-state index >= 15 is 0 Å². The molecular weight excluding hydrogens is 297 g/mol. The summed E-state index contributed by atoms with van der Waals surface area (Å²) in [5.41, 5.74) is -2.82. The van der Waals surface area contributed by atoms with Crippen molar-refractivity contribution in [3.05, 3.63) is 0 Å². The average molecular weight is 308 g/mol. The van der Waals surface area contributed by atoms with E-state index in [1.54, 1.807) is 0 Å². The van der Waals surface area contributed by atoms with Crippen molar-refractivity contribution in [2.45, 2.75) is 18.4 Å². The maximum absolute atomic E-state index is 10.7. The van der Waals surface area contributed by atoms with Gasteiger partial charge in [-0.3, -0.25) is 9.59 Å². The van der Waals surface area contributed by atoms with Crippen LogP contribution >= 0.6 is 0 Å². The Morgan fingerprint density at radius 1 is 0.789 bits per heavy atom. The maximum atomic E-state index is 10.7. The Morgan fingerprint density at radius 3 is 1.26 bits per heavy atom. The first-order chi connectivity index (χ1) is 7.19. The Kier molecular flexibility index (Phi) is 18.3. The van der Waals surface area contributed by atoms with Crippen LogP contribution in [0.1, 0.15) is 12.8 Å². The molecule has 0 heterocycles. The first kappa shape index (κ1) is 27.9. The van der Waals surface area contributed by atoms with Gasteiger partial charge in [-0.05, 0) is 0 Å². The van der Waals surface area contributed by atoms with Gasteiger partial charge in [0.25, 0.3) is 0 Å². The zero-order chi connectivity index (χ0) is 12.9. The topological polar surface area (TPSA) is 158 Å². The number of rotatable bonds is 6. The second-order valence-corrected chi connectivity index (χ2v) is 2.81. The summed E-state index contributed by atoms with van der Waals surface area (Å²) in [4.78, 5) is 41.6. The molecule has 0 saturated heterocycles. The van der Waals surface area contributed by atoms with E-state index in [1.165, 1.54) is 0 Å². The van der Waals surface area contributed by atoms with Gasteiger partial charge in [0, 0.05) is 0 Å². The van der Waals surface area contributed by atoms with Gasteiger partial charge in [0.2, 0.25) is 5.60 Å². The molecule has 0 unspecified atom stereocenters. The van der Waals surface area contributed by atoms with Gasteiger partial charge >= 0.3 is 113 Å². The third-order valence-electron chi connectivity index (χ3n) is 1.55. The average Bonchev–Trinajstić information content (AvgIpc) is 1.98. The fourth-order valence-corrected chi connectivity index (χ4v) is 0.985. The second kappa shape index (κ2) is 12.4. The van der Waals surface area contributed by atoms with Gasteiger partial charge < -0.3 is 25.2 Å². The summed E-state index contributed by atoms with van der Waals surface area (Å²) in [5, 5.41) is 33.7. The Balaban J connectivity index is -0.000000375. The zero-order valence-electron chi connectivity index (χ0n) is 7.74. The molecule has 4 N–H and O–H groups in total. The molecule has 19 heavy (non-hydrogen) atoms. The molecule has 0 aromatic heterocycles. The summed E-state index contributed by atoms with van der Waals surface area (Å²) >= 11 is 0. The van der Waals surface area contributed by atoms with Crippen molar-refractivity contribution < 1.29 is 44.3 Å². The van der Waals surface area contributed by atoms with E-state index in [4.69, 9.17) is 20.4 Å². The molecule has 0 aliphatic rings. The molecule has 0 spiro atoms. The number of hydrogen-bond acceptors (Lipinski definition) is 5. The number of carbonyl (C=O) groups is 4. The van der Waals surface area contributed by atoms with Crippen LogP contribution in [0.2, 0.25) is 0 Å². The van der Waals surface area contributed by atoms with Crippen LogP contribution in [0.25, 0.3) is 0 Å². The van der Waals surface area contributed by atoms with Gasteiger partial charge in [-0.1, -0.05) is 0 Å². The van der Waals surface area contributed by atoms with E-state index in [2.05, 4.69) is 4.74 Å². The molecule has 0 aromatic rings. The van der Waals surface area contributed by atoms with Crippen LogP contribution in [0, 0.1) is 0 Å². The predicted molar refractivity (Wildman–Crippen MR) is 65.4 cm³/mol. The minimum absolute atomic E-state index is 0. The van der Waals surface area contributed by atoms with Crippen LogP contribution in [-0.2, 0) is 19.1 Å². The number of carboxylic acid groups (broad SMARTS) is 4. The van der Waals surface area contributed by atoms with Crippen LogP contribution in [0.5, 0.6) is 0 Å². The van der Waals surface area contributed by atoms with Crippen molar-refractivity contribution in [3.8, 4) is 0 Å². The van der Waals surface area contributed by atoms with Gasteiger partial charge in [-0.25, -0.2) is 9.59 Å². The van der Waals surface area contributed by atoms with Crippen molar-refractivity contribution >= 4 is 113 Å². The molecule has 0 bridgehead atoms. The molecule has 0 aliphatic heterocycles. The van der Waals surface area contributed by atoms with Crippen molar-refractivity contribution in [2.24, 2.45) is 0 Å². The molecule has 9 nitrogen and oxygen atoms in total. The Labute approximate surface area is 173 Å². The molecule has 0 rings (SSSR count). The van der Waals surface area contributed by atoms with Crippen LogP contribution in [0.15, 0.2) is 0 Å². The number of aliphatic carboxylic acids is 3. The summed E-state index contributed by atoms with van der Waals surface area (Å²) in [6.45, 7) is 0. The second-order valence-electron chi connectivity index (χ2n) is 2.81. The molecule has 96 valence electrons. The van der Waals surface area contributed by atoms with E-state index in [0.29, 0.717) is 0 Å². The fraction of sp³-hybridized carbons (Fsp3) is 0.429. The van der Waals surface area contributed by atoms with E-state index in [1.807, 2.05) is 0 Å². The molecule has 12 heteroatoms. The first-order valence-electron chi connectivity index (χ1n) is 3.78. The Morgan fingerprint density at radius 2 is 1.11 bits per heavy atom. The standard InChI is InChI=1S/C7H8O9.3Na.3H/c8-3(9)1-7(5(12)13,2-4(10)11)16-6(14)15;;;;;;/h1-2H2,(H,8,9)(H,10,11)(H,12,13)(H,14,15);;;;;;. The molecule has 0 aliphatic carbocycles. The van der Waals surface area contributed by atoms with Crippen LogP contribution in [0.3, 0.4) is 0 Å². The summed E-state index contributed by atoms with van der Waals surface area (Å²) in [7, 11) is 0. The van der Waals surface area contributed by atoms with E-state index < -0.39 is 42.5 Å². The molecule has 0 aromatic carbocycles. The van der Waals surface area contributed by atoms with Crippen molar-refractivity contribution in [2.75, 3.05) is 0 Å². The van der Waals surface area contributed by atoms with Crippen LogP contribution in [0.4, 0.5) is 4.79 Å². The van der Waals surface area contributed by atoms with Crippen molar-refractivity contribution in [1.29, 1.82) is 0 Å². The monoisotopic (exact) mass is 308 g/mol. The van der Waals surface area contributed by atoms with Crippen molar-refractivity contribution in [1.82, 2.24) is 0 Å². The van der Waals surface area contributed by atoms with Crippen LogP contribution < -0.4 is 0 Å². The molecular formula is C7H11Na3O9. The number of ether oxygens (including phenoxy) is 1. The summed E-state index contributed by atoms with van der Waals surface area (Å²) in [6.07, 6.45) is -4.62. The minimum atomic E-state index is -2.82. The number of carboxylic acids is 3. The zero-order valence-corrected chi connectivity index (χ0v) is 7.74. The fourth-order valence-electron chi connectivity index (χ4n) is 0.985. The molecule has 0 saturated carbocycles. The summed E-state index contributed by atoms with van der Waals surface area (Å²) in [6, 6.07) is 0. The molecule has 0 atom stereocenters. The SMILES string of the molecule is O=C(O)CC(CC(=O)O)(OC(=O)O)C(=O)O.[NaH].[NaH].[NaH]. The normalized spacial score (nSPS) is 8.84. The van der Waals surface area contributed by atoms with Gasteiger partial charge in [0.05, 0.1) is 12.8 Å². The van der Waals surface area contributed by atoms with E-state index in [0.717, 1.165) is 0 Å². The number of hydrogen-bond donors (Lipinski definition) is 4. The van der Waals surface area contributed by atoms with E-state index in [9.17, 15) is 19.2 Å². The third kappa shape index (κ3) is 11.1. The molecule has 0 amide bonds. The first-order valence-corrected chi connectivity index (χ1v) is 3.78. The Hall–Kier alpha value is 0.680. The van der Waals surface area contributed by atoms with Gasteiger partial charge in [-0.15, -0.1) is 0 Å². The quantitative estimate of drug-likeness (QED) is 0.307. The predicted octanol–water partition coefficient (Wildman–Crippen LogP) is -2.49. The summed E-state index contributed by atoms with van der Waals surface area (Å²) < 4.78 is 3.88. The van der Waals surface area contributed by atoms with Gasteiger partial charge in [0.15, 0.2) is 0 Å². The Bertz CT molecular complexity index is 302. The third-order valence-corrected chi connectivity index (χ3v) is 1.55. The molecule has 0 radical (unpaired) electrons. The van der Waals surface area contributed by atoms with Crippen LogP contribution in [-0.4, -0.2) is 139 Å². The molecule has 0 fully saturated rings. The van der Waals surface area contributed by atoms with E-state index in [-0.39, 0.29) is 88.7 Å². The van der Waals surface area contributed by atoms with Gasteiger partial charge in [-0.2, -0.15) is 0 Å². The summed E-state index contributed by atoms with van der Waals surface area (Å²) in [5.74, 6) is -5.35. The van der Waals surface area contributed by atoms with Gasteiger partial charge in [0.1, 0.15) is 0 Å². The van der Waals surface area contributed by atoms with Crippen molar-refractivity contribution in [3.63, 3.8) is 0 Å².